The Bertz CT molecular complexity index is 509. The molecule has 2 amide bonds. The van der Waals surface area contributed by atoms with Crippen molar-refractivity contribution in [2.75, 3.05) is 31.1 Å². The van der Waals surface area contributed by atoms with Gasteiger partial charge in [-0.15, -0.1) is 0 Å². The maximum atomic E-state index is 11.8. The Labute approximate surface area is 117 Å². The summed E-state index contributed by atoms with van der Waals surface area (Å²) in [5.41, 5.74) is 11.4. The Morgan fingerprint density at radius 2 is 1.95 bits per heavy atom. The molecule has 0 saturated carbocycles. The van der Waals surface area contributed by atoms with Crippen LogP contribution in [0, 0.1) is 0 Å². The van der Waals surface area contributed by atoms with Gasteiger partial charge in [-0.3, -0.25) is 9.59 Å². The van der Waals surface area contributed by atoms with Crippen LogP contribution in [-0.4, -0.2) is 53.9 Å². The number of hydrogen-bond donors (Lipinski definition) is 2. The zero-order valence-corrected chi connectivity index (χ0v) is 11.5. The molecule has 7 nitrogen and oxygen atoms in total. The largest absolute Gasteiger partial charge is 0.365 e. The van der Waals surface area contributed by atoms with E-state index in [-0.39, 0.29) is 5.91 Å². The molecule has 0 aliphatic carbocycles. The summed E-state index contributed by atoms with van der Waals surface area (Å²) in [6, 6.07) is 2.85. The first-order valence-corrected chi connectivity index (χ1v) is 6.55. The van der Waals surface area contributed by atoms with Gasteiger partial charge in [-0.1, -0.05) is 0 Å². The highest BCUT2D eigenvalue weighted by Crippen LogP contribution is 2.18. The van der Waals surface area contributed by atoms with E-state index in [4.69, 9.17) is 11.5 Å². The Hall–Kier alpha value is -2.15. The molecule has 4 N–H and O–H groups in total. The van der Waals surface area contributed by atoms with Gasteiger partial charge in [0, 0.05) is 32.4 Å². The molecular weight excluding hydrogens is 258 g/mol. The minimum atomic E-state index is -0.498. The first-order chi connectivity index (χ1) is 9.50. The number of rotatable bonds is 3. The highest BCUT2D eigenvalue weighted by Gasteiger charge is 2.25. The van der Waals surface area contributed by atoms with Crippen molar-refractivity contribution in [3.05, 3.63) is 23.9 Å². The van der Waals surface area contributed by atoms with Crippen LogP contribution >= 0.6 is 0 Å². The molecule has 0 aromatic carbocycles. The van der Waals surface area contributed by atoms with Gasteiger partial charge in [0.25, 0.3) is 5.91 Å². The summed E-state index contributed by atoms with van der Waals surface area (Å²) in [5.74, 6) is 0.0240. The van der Waals surface area contributed by atoms with E-state index < -0.39 is 11.9 Å². The van der Waals surface area contributed by atoms with Crippen LogP contribution in [0.5, 0.6) is 0 Å². The second kappa shape index (κ2) is 5.87. The van der Waals surface area contributed by atoms with E-state index in [2.05, 4.69) is 4.98 Å². The third kappa shape index (κ3) is 2.88. The van der Waals surface area contributed by atoms with Crippen LogP contribution in [0.4, 0.5) is 5.82 Å². The van der Waals surface area contributed by atoms with Crippen molar-refractivity contribution in [3.63, 3.8) is 0 Å². The maximum absolute atomic E-state index is 11.8. The highest BCUT2D eigenvalue weighted by molar-refractivity contribution is 5.97. The second-order valence-electron chi connectivity index (χ2n) is 4.84. The van der Waals surface area contributed by atoms with E-state index >= 15 is 0 Å². The molecule has 1 atom stereocenters. The lowest BCUT2D eigenvalue weighted by atomic mass is 10.2. The van der Waals surface area contributed by atoms with Crippen LogP contribution in [0.2, 0.25) is 0 Å². The molecule has 1 aromatic heterocycles. The third-order valence-electron chi connectivity index (χ3n) is 3.33. The number of primary amides is 1. The topological polar surface area (TPSA) is 106 Å². The number of nitrogens with zero attached hydrogens (tertiary/aromatic N) is 3. The molecule has 0 unspecified atom stereocenters. The van der Waals surface area contributed by atoms with Crippen LogP contribution < -0.4 is 16.4 Å². The van der Waals surface area contributed by atoms with E-state index in [0.717, 1.165) is 0 Å². The molecule has 7 heteroatoms. The lowest BCUT2D eigenvalue weighted by Gasteiger charge is -2.36. The van der Waals surface area contributed by atoms with Crippen LogP contribution in [0.3, 0.4) is 0 Å². The van der Waals surface area contributed by atoms with E-state index in [9.17, 15) is 9.59 Å². The SMILES string of the molecule is C[C@@H](N)C(=O)N1CCN(c2ncccc2C(N)=O)CC1. The minimum absolute atomic E-state index is 0.0548. The monoisotopic (exact) mass is 277 g/mol. The van der Waals surface area contributed by atoms with Crippen molar-refractivity contribution in [3.8, 4) is 0 Å². The summed E-state index contributed by atoms with van der Waals surface area (Å²) in [6.45, 7) is 4.02. The molecule has 2 rings (SSSR count). The lowest BCUT2D eigenvalue weighted by Crippen LogP contribution is -2.53. The fraction of sp³-hybridized carbons (Fsp3) is 0.462. The van der Waals surface area contributed by atoms with E-state index in [1.165, 1.54) is 0 Å². The molecule has 1 aliphatic rings. The van der Waals surface area contributed by atoms with E-state index in [1.807, 2.05) is 4.90 Å². The molecule has 0 radical (unpaired) electrons. The van der Waals surface area contributed by atoms with Gasteiger partial charge in [0.05, 0.1) is 11.6 Å². The number of aromatic nitrogens is 1. The summed E-state index contributed by atoms with van der Waals surface area (Å²) in [6.07, 6.45) is 1.63. The summed E-state index contributed by atoms with van der Waals surface area (Å²) >= 11 is 0. The van der Waals surface area contributed by atoms with Crippen molar-refractivity contribution in [2.45, 2.75) is 13.0 Å². The van der Waals surface area contributed by atoms with Crippen LogP contribution in [-0.2, 0) is 4.79 Å². The number of pyridine rings is 1. The summed E-state index contributed by atoms with van der Waals surface area (Å²) < 4.78 is 0. The standard InChI is InChI=1S/C13H19N5O2/c1-9(14)13(20)18-7-5-17(6-8-18)12-10(11(15)19)3-2-4-16-12/h2-4,9H,5-8,14H2,1H3,(H2,15,19)/t9-/m1/s1. The van der Waals surface area contributed by atoms with Gasteiger partial charge < -0.3 is 21.3 Å². The molecule has 1 saturated heterocycles. The number of carbonyl (C=O) groups excluding carboxylic acids is 2. The van der Waals surface area contributed by atoms with Gasteiger partial charge in [-0.2, -0.15) is 0 Å². The second-order valence-corrected chi connectivity index (χ2v) is 4.84. The van der Waals surface area contributed by atoms with Gasteiger partial charge >= 0.3 is 0 Å². The zero-order valence-electron chi connectivity index (χ0n) is 11.5. The van der Waals surface area contributed by atoms with Crippen molar-refractivity contribution >= 4 is 17.6 Å². The molecule has 20 heavy (non-hydrogen) atoms. The van der Waals surface area contributed by atoms with Gasteiger partial charge in [0.15, 0.2) is 0 Å². The van der Waals surface area contributed by atoms with Crippen molar-refractivity contribution in [1.82, 2.24) is 9.88 Å². The molecule has 1 fully saturated rings. The lowest BCUT2D eigenvalue weighted by molar-refractivity contribution is -0.132. The zero-order chi connectivity index (χ0) is 14.7. The first-order valence-electron chi connectivity index (χ1n) is 6.55. The Morgan fingerprint density at radius 1 is 1.30 bits per heavy atom. The molecule has 2 heterocycles. The summed E-state index contributed by atoms with van der Waals surface area (Å²) in [5, 5.41) is 0. The maximum Gasteiger partial charge on any atom is 0.252 e. The highest BCUT2D eigenvalue weighted by atomic mass is 16.2. The number of piperazine rings is 1. The van der Waals surface area contributed by atoms with Crippen LogP contribution in [0.25, 0.3) is 0 Å². The quantitative estimate of drug-likeness (QED) is 0.750. The number of anilines is 1. The Morgan fingerprint density at radius 3 is 2.50 bits per heavy atom. The van der Waals surface area contributed by atoms with Gasteiger partial charge in [-0.05, 0) is 19.1 Å². The smallest absolute Gasteiger partial charge is 0.252 e. The predicted molar refractivity (Wildman–Crippen MR) is 75.2 cm³/mol. The average Bonchev–Trinajstić information content (AvgIpc) is 2.46. The first kappa shape index (κ1) is 14.3. The fourth-order valence-corrected chi connectivity index (χ4v) is 2.27. The van der Waals surface area contributed by atoms with Gasteiger partial charge in [-0.25, -0.2) is 4.98 Å². The van der Waals surface area contributed by atoms with E-state index in [0.29, 0.717) is 37.6 Å². The average molecular weight is 277 g/mol. The number of nitrogens with two attached hydrogens (primary N) is 2. The molecule has 108 valence electrons. The minimum Gasteiger partial charge on any atom is -0.365 e. The van der Waals surface area contributed by atoms with Crippen LogP contribution in [0.1, 0.15) is 17.3 Å². The molecule has 1 aliphatic heterocycles. The predicted octanol–water partition coefficient (Wildman–Crippen LogP) is -0.824. The van der Waals surface area contributed by atoms with E-state index in [1.54, 1.807) is 30.2 Å². The molecule has 0 spiro atoms. The van der Waals surface area contributed by atoms with Crippen molar-refractivity contribution in [2.24, 2.45) is 11.5 Å². The number of amides is 2. The Kier molecular flexibility index (Phi) is 4.19. The van der Waals surface area contributed by atoms with Crippen molar-refractivity contribution < 1.29 is 9.59 Å². The number of hydrogen-bond acceptors (Lipinski definition) is 5. The summed E-state index contributed by atoms with van der Waals surface area (Å²) in [4.78, 5) is 31.1. The van der Waals surface area contributed by atoms with Crippen LogP contribution in [0.15, 0.2) is 18.3 Å². The van der Waals surface area contributed by atoms with Crippen molar-refractivity contribution in [1.29, 1.82) is 0 Å². The normalized spacial score (nSPS) is 16.9. The third-order valence-corrected chi connectivity index (χ3v) is 3.33. The fourth-order valence-electron chi connectivity index (χ4n) is 2.27. The molecule has 1 aromatic rings. The van der Waals surface area contributed by atoms with Gasteiger partial charge in [0.1, 0.15) is 5.82 Å². The number of carbonyl (C=O) groups is 2. The Balaban J connectivity index is 2.08. The molecular formula is C13H19N5O2. The van der Waals surface area contributed by atoms with Gasteiger partial charge in [0.2, 0.25) is 5.91 Å². The summed E-state index contributed by atoms with van der Waals surface area (Å²) in [7, 11) is 0. The molecule has 0 bridgehead atoms.